The van der Waals surface area contributed by atoms with Crippen molar-refractivity contribution in [2.24, 2.45) is 0 Å². The van der Waals surface area contributed by atoms with Gasteiger partial charge in [-0.3, -0.25) is 0 Å². The largest absolute Gasteiger partial charge is 0.495 e. The van der Waals surface area contributed by atoms with Gasteiger partial charge in [-0.05, 0) is 53.8 Å². The van der Waals surface area contributed by atoms with Gasteiger partial charge in [-0.15, -0.1) is 0 Å². The predicted molar refractivity (Wildman–Crippen MR) is 85.6 cm³/mol. The standard InChI is InChI=1S/C17H16Cl2O2/c1-21-17-9-15-11(7-16(17)19)6-13(20)8-14(15)10-3-2-4-12(18)5-10/h2-5,7,9,13-14,20H,6,8H2,1H3/t13-,14-/m0/s1. The molecule has 1 aliphatic carbocycles. The molecule has 0 spiro atoms. The van der Waals surface area contributed by atoms with Gasteiger partial charge < -0.3 is 9.84 Å². The van der Waals surface area contributed by atoms with Crippen molar-refractivity contribution in [3.8, 4) is 5.75 Å². The van der Waals surface area contributed by atoms with Crippen LogP contribution in [0.15, 0.2) is 36.4 Å². The monoisotopic (exact) mass is 322 g/mol. The Morgan fingerprint density at radius 3 is 2.71 bits per heavy atom. The van der Waals surface area contributed by atoms with Gasteiger partial charge in [0.15, 0.2) is 0 Å². The van der Waals surface area contributed by atoms with E-state index in [-0.39, 0.29) is 12.0 Å². The van der Waals surface area contributed by atoms with Crippen LogP contribution >= 0.6 is 23.2 Å². The number of methoxy groups -OCH3 is 1. The van der Waals surface area contributed by atoms with Crippen LogP contribution in [0.2, 0.25) is 10.0 Å². The highest BCUT2D eigenvalue weighted by atomic mass is 35.5. The van der Waals surface area contributed by atoms with Gasteiger partial charge in [-0.1, -0.05) is 35.3 Å². The first-order valence-electron chi connectivity index (χ1n) is 6.88. The Hall–Kier alpha value is -1.22. The molecule has 0 saturated carbocycles. The summed E-state index contributed by atoms with van der Waals surface area (Å²) in [6.45, 7) is 0. The van der Waals surface area contributed by atoms with Gasteiger partial charge in [-0.2, -0.15) is 0 Å². The normalized spacial score (nSPS) is 21.0. The van der Waals surface area contributed by atoms with Gasteiger partial charge in [-0.25, -0.2) is 0 Å². The first-order chi connectivity index (χ1) is 10.1. The SMILES string of the molecule is COc1cc2c(cc1Cl)C[C@H](O)C[C@H]2c1cccc(Cl)c1. The fraction of sp³-hybridized carbons (Fsp3) is 0.294. The average Bonchev–Trinajstić information content (AvgIpc) is 2.45. The third-order valence-electron chi connectivity index (χ3n) is 4.00. The molecule has 2 aromatic carbocycles. The minimum Gasteiger partial charge on any atom is -0.495 e. The van der Waals surface area contributed by atoms with Gasteiger partial charge >= 0.3 is 0 Å². The molecular weight excluding hydrogens is 307 g/mol. The van der Waals surface area contributed by atoms with Crippen molar-refractivity contribution in [3.05, 3.63) is 63.1 Å². The maximum absolute atomic E-state index is 10.2. The number of fused-ring (bicyclic) bond motifs is 1. The number of benzene rings is 2. The molecule has 0 radical (unpaired) electrons. The van der Waals surface area contributed by atoms with Gasteiger partial charge in [0, 0.05) is 10.9 Å². The van der Waals surface area contributed by atoms with E-state index in [9.17, 15) is 5.11 Å². The Labute approximate surface area is 134 Å². The lowest BCUT2D eigenvalue weighted by Crippen LogP contribution is -2.23. The van der Waals surface area contributed by atoms with E-state index < -0.39 is 0 Å². The maximum atomic E-state index is 10.2. The molecule has 0 unspecified atom stereocenters. The lowest BCUT2D eigenvalue weighted by Gasteiger charge is -2.30. The third kappa shape index (κ3) is 2.89. The highest BCUT2D eigenvalue weighted by molar-refractivity contribution is 6.32. The number of aliphatic hydroxyl groups excluding tert-OH is 1. The zero-order chi connectivity index (χ0) is 15.0. The molecule has 110 valence electrons. The second kappa shape index (κ2) is 5.88. The Balaban J connectivity index is 2.12. The highest BCUT2D eigenvalue weighted by Gasteiger charge is 2.28. The lowest BCUT2D eigenvalue weighted by molar-refractivity contribution is 0.152. The number of aliphatic hydroxyl groups is 1. The molecule has 0 aliphatic heterocycles. The molecule has 21 heavy (non-hydrogen) atoms. The van der Waals surface area contributed by atoms with E-state index in [1.54, 1.807) is 7.11 Å². The first-order valence-corrected chi connectivity index (χ1v) is 7.64. The summed E-state index contributed by atoms with van der Waals surface area (Å²) in [5.74, 6) is 0.771. The highest BCUT2D eigenvalue weighted by Crippen LogP contribution is 2.41. The van der Waals surface area contributed by atoms with E-state index in [1.165, 1.54) is 0 Å². The summed E-state index contributed by atoms with van der Waals surface area (Å²) < 4.78 is 5.33. The minimum absolute atomic E-state index is 0.105. The van der Waals surface area contributed by atoms with Crippen LogP contribution < -0.4 is 4.74 Å². The molecule has 1 N–H and O–H groups in total. The minimum atomic E-state index is -0.369. The molecule has 2 aromatic rings. The lowest BCUT2D eigenvalue weighted by atomic mass is 9.77. The number of rotatable bonds is 2. The summed E-state index contributed by atoms with van der Waals surface area (Å²) >= 11 is 12.3. The zero-order valence-electron chi connectivity index (χ0n) is 11.6. The molecule has 0 saturated heterocycles. The Morgan fingerprint density at radius 2 is 2.00 bits per heavy atom. The summed E-state index contributed by atoms with van der Waals surface area (Å²) in [6, 6.07) is 11.7. The van der Waals surface area contributed by atoms with Crippen LogP contribution in [0.1, 0.15) is 29.0 Å². The second-order valence-electron chi connectivity index (χ2n) is 5.39. The van der Waals surface area contributed by atoms with Crippen LogP contribution in [0.4, 0.5) is 0 Å². The first kappa shape index (κ1) is 14.7. The molecule has 2 atom stereocenters. The number of hydrogen-bond acceptors (Lipinski definition) is 2. The fourth-order valence-corrected chi connectivity index (χ4v) is 3.51. The summed E-state index contributed by atoms with van der Waals surface area (Å²) in [5, 5.41) is 11.4. The molecule has 0 amide bonds. The van der Waals surface area contributed by atoms with Crippen molar-refractivity contribution in [1.29, 1.82) is 0 Å². The molecule has 3 rings (SSSR count). The molecule has 0 bridgehead atoms. The smallest absolute Gasteiger partial charge is 0.137 e. The zero-order valence-corrected chi connectivity index (χ0v) is 13.2. The number of halogens is 2. The van der Waals surface area contributed by atoms with Crippen molar-refractivity contribution >= 4 is 23.2 Å². The van der Waals surface area contributed by atoms with Crippen LogP contribution in [-0.2, 0) is 6.42 Å². The van der Waals surface area contributed by atoms with E-state index in [2.05, 4.69) is 0 Å². The number of ether oxygens (including phenoxy) is 1. The fourth-order valence-electron chi connectivity index (χ4n) is 3.04. The van der Waals surface area contributed by atoms with E-state index in [4.69, 9.17) is 27.9 Å². The predicted octanol–water partition coefficient (Wildman–Crippen LogP) is 4.44. The summed E-state index contributed by atoms with van der Waals surface area (Å²) in [4.78, 5) is 0. The van der Waals surface area contributed by atoms with Gasteiger partial charge in [0.1, 0.15) is 5.75 Å². The maximum Gasteiger partial charge on any atom is 0.137 e. The van der Waals surface area contributed by atoms with E-state index >= 15 is 0 Å². The van der Waals surface area contributed by atoms with E-state index in [0.717, 1.165) is 16.7 Å². The van der Waals surface area contributed by atoms with Crippen LogP contribution in [0.3, 0.4) is 0 Å². The quantitative estimate of drug-likeness (QED) is 0.885. The van der Waals surface area contributed by atoms with Crippen LogP contribution in [0.25, 0.3) is 0 Å². The van der Waals surface area contributed by atoms with Crippen molar-refractivity contribution in [2.45, 2.75) is 24.9 Å². The van der Waals surface area contributed by atoms with Crippen molar-refractivity contribution < 1.29 is 9.84 Å². The molecule has 0 fully saturated rings. The van der Waals surface area contributed by atoms with Gasteiger partial charge in [0.2, 0.25) is 0 Å². The summed E-state index contributed by atoms with van der Waals surface area (Å²) in [6.07, 6.45) is 0.930. The van der Waals surface area contributed by atoms with Crippen molar-refractivity contribution in [1.82, 2.24) is 0 Å². The van der Waals surface area contributed by atoms with Crippen molar-refractivity contribution in [3.63, 3.8) is 0 Å². The van der Waals surface area contributed by atoms with E-state index in [1.807, 2.05) is 36.4 Å². The Bertz CT molecular complexity index is 670. The average molecular weight is 323 g/mol. The molecule has 0 heterocycles. The molecule has 0 aromatic heterocycles. The third-order valence-corrected chi connectivity index (χ3v) is 4.53. The Morgan fingerprint density at radius 1 is 1.19 bits per heavy atom. The Kier molecular flexibility index (Phi) is 4.12. The summed E-state index contributed by atoms with van der Waals surface area (Å²) in [5.41, 5.74) is 3.33. The molecule has 1 aliphatic rings. The molecular formula is C17H16Cl2O2. The topological polar surface area (TPSA) is 29.5 Å². The number of hydrogen-bond donors (Lipinski definition) is 1. The molecule has 4 heteroatoms. The van der Waals surface area contributed by atoms with Crippen LogP contribution in [0.5, 0.6) is 5.75 Å². The van der Waals surface area contributed by atoms with Crippen LogP contribution in [-0.4, -0.2) is 18.3 Å². The van der Waals surface area contributed by atoms with Gasteiger partial charge in [0.05, 0.1) is 18.2 Å². The van der Waals surface area contributed by atoms with Gasteiger partial charge in [0.25, 0.3) is 0 Å². The van der Waals surface area contributed by atoms with E-state index in [0.29, 0.717) is 28.6 Å². The second-order valence-corrected chi connectivity index (χ2v) is 6.23. The van der Waals surface area contributed by atoms with Crippen LogP contribution in [0, 0.1) is 0 Å². The molecule has 2 nitrogen and oxygen atoms in total. The summed E-state index contributed by atoms with van der Waals surface area (Å²) in [7, 11) is 1.61. The van der Waals surface area contributed by atoms with Crippen molar-refractivity contribution in [2.75, 3.05) is 7.11 Å².